The summed E-state index contributed by atoms with van der Waals surface area (Å²) >= 11 is 2.69. The highest BCUT2D eigenvalue weighted by molar-refractivity contribution is 9.08. The van der Waals surface area contributed by atoms with Crippen LogP contribution in [0.3, 0.4) is 0 Å². The lowest BCUT2D eigenvalue weighted by atomic mass is 10.1. The van der Waals surface area contributed by atoms with Crippen molar-refractivity contribution >= 4 is 15.9 Å². The predicted molar refractivity (Wildman–Crippen MR) is 55.1 cm³/mol. The molecule has 1 heterocycles. The van der Waals surface area contributed by atoms with Gasteiger partial charge in [0.25, 0.3) is 5.88 Å². The summed E-state index contributed by atoms with van der Waals surface area (Å²) in [6.45, 7) is 0. The maximum Gasteiger partial charge on any atom is 0.573 e. The lowest BCUT2D eigenvalue weighted by Crippen LogP contribution is -2.20. The zero-order chi connectivity index (χ0) is 14.8. The van der Waals surface area contributed by atoms with Crippen LogP contribution in [0.15, 0.2) is 6.20 Å². The molecule has 108 valence electrons. The number of hydrogen-bond donors (Lipinski definition) is 0. The van der Waals surface area contributed by atoms with Crippen LogP contribution in [0.4, 0.5) is 26.3 Å². The molecule has 0 N–H and O–H groups in total. The summed E-state index contributed by atoms with van der Waals surface area (Å²) in [7, 11) is 0.969. The second-order valence-corrected chi connectivity index (χ2v) is 3.73. The summed E-state index contributed by atoms with van der Waals surface area (Å²) in [6.07, 6.45) is -9.62. The highest BCUT2D eigenvalue weighted by atomic mass is 79.9. The van der Waals surface area contributed by atoms with Gasteiger partial charge in [-0.25, -0.2) is 4.98 Å². The van der Waals surface area contributed by atoms with E-state index >= 15 is 0 Å². The second-order valence-electron chi connectivity index (χ2n) is 3.17. The number of nitrogens with zero attached hydrogens (tertiary/aromatic N) is 1. The number of pyridine rings is 1. The quantitative estimate of drug-likeness (QED) is 0.610. The summed E-state index contributed by atoms with van der Waals surface area (Å²) in [5, 5.41) is -0.508. The molecule has 0 aliphatic rings. The number of ether oxygens (including phenoxy) is 2. The first-order valence-corrected chi connectivity index (χ1v) is 5.67. The van der Waals surface area contributed by atoms with Crippen LogP contribution in [0.2, 0.25) is 0 Å². The summed E-state index contributed by atoms with van der Waals surface area (Å²) in [6, 6.07) is 0. The van der Waals surface area contributed by atoms with E-state index in [1.807, 2.05) is 0 Å². The van der Waals surface area contributed by atoms with Crippen molar-refractivity contribution in [1.29, 1.82) is 0 Å². The first-order chi connectivity index (χ1) is 8.60. The van der Waals surface area contributed by atoms with Gasteiger partial charge < -0.3 is 9.47 Å². The Labute approximate surface area is 111 Å². The van der Waals surface area contributed by atoms with Crippen molar-refractivity contribution in [2.24, 2.45) is 0 Å². The van der Waals surface area contributed by atoms with Gasteiger partial charge in [0.15, 0.2) is 5.75 Å². The molecule has 0 fully saturated rings. The van der Waals surface area contributed by atoms with Crippen LogP contribution in [0.25, 0.3) is 0 Å². The standard InChI is InChI=1S/C9H6BrF6NO2/c1-18-7-6(19-9(14,15)16)4(2-10)5(3-17-7)8(11,12)13/h3H,2H2,1H3. The van der Waals surface area contributed by atoms with Crippen molar-refractivity contribution < 1.29 is 35.8 Å². The molecule has 0 bridgehead atoms. The van der Waals surface area contributed by atoms with Crippen LogP contribution in [0.1, 0.15) is 11.1 Å². The molecule has 0 unspecified atom stereocenters. The fourth-order valence-electron chi connectivity index (χ4n) is 1.25. The van der Waals surface area contributed by atoms with E-state index in [9.17, 15) is 26.3 Å². The Morgan fingerprint density at radius 2 is 1.79 bits per heavy atom. The fraction of sp³-hybridized carbons (Fsp3) is 0.444. The average Bonchev–Trinajstić information content (AvgIpc) is 2.25. The zero-order valence-electron chi connectivity index (χ0n) is 9.19. The van der Waals surface area contributed by atoms with Crippen molar-refractivity contribution in [3.8, 4) is 11.6 Å². The summed E-state index contributed by atoms with van der Waals surface area (Å²) in [4.78, 5) is 3.17. The maximum atomic E-state index is 12.6. The Balaban J connectivity index is 3.46. The van der Waals surface area contributed by atoms with Gasteiger partial charge in [0.2, 0.25) is 0 Å². The molecule has 0 amide bonds. The highest BCUT2D eigenvalue weighted by Gasteiger charge is 2.40. The third-order valence-electron chi connectivity index (χ3n) is 1.95. The van der Waals surface area contributed by atoms with Crippen LogP contribution in [-0.2, 0) is 11.5 Å². The fourth-order valence-corrected chi connectivity index (χ4v) is 1.81. The van der Waals surface area contributed by atoms with E-state index in [0.717, 1.165) is 7.11 Å². The molecule has 1 aromatic heterocycles. The first-order valence-electron chi connectivity index (χ1n) is 4.55. The molecule has 0 aliphatic carbocycles. The molecule has 0 atom stereocenters. The molecular formula is C9H6BrF6NO2. The Morgan fingerprint density at radius 1 is 1.21 bits per heavy atom. The van der Waals surface area contributed by atoms with Crippen LogP contribution < -0.4 is 9.47 Å². The van der Waals surface area contributed by atoms with Gasteiger partial charge in [-0.1, -0.05) is 15.9 Å². The third-order valence-corrected chi connectivity index (χ3v) is 2.52. The molecule has 0 spiro atoms. The summed E-state index contributed by atoms with van der Waals surface area (Å²) in [5.41, 5.74) is -2.07. The molecule has 0 saturated heterocycles. The zero-order valence-corrected chi connectivity index (χ0v) is 10.8. The minimum absolute atomic E-state index is 0.388. The molecule has 1 rings (SSSR count). The van der Waals surface area contributed by atoms with Crippen LogP contribution in [0, 0.1) is 0 Å². The monoisotopic (exact) mass is 353 g/mol. The van der Waals surface area contributed by atoms with E-state index in [1.54, 1.807) is 0 Å². The number of rotatable bonds is 3. The van der Waals surface area contributed by atoms with E-state index in [-0.39, 0.29) is 0 Å². The minimum atomic E-state index is -5.16. The molecule has 0 aromatic carbocycles. The Morgan fingerprint density at radius 3 is 2.16 bits per heavy atom. The lowest BCUT2D eigenvalue weighted by Gasteiger charge is -2.18. The van der Waals surface area contributed by atoms with Crippen molar-refractivity contribution in [3.63, 3.8) is 0 Å². The smallest absolute Gasteiger partial charge is 0.478 e. The van der Waals surface area contributed by atoms with Crippen LogP contribution >= 0.6 is 15.9 Å². The van der Waals surface area contributed by atoms with Gasteiger partial charge in [-0.05, 0) is 0 Å². The van der Waals surface area contributed by atoms with E-state index in [2.05, 4.69) is 30.4 Å². The molecule has 0 saturated carbocycles. The van der Waals surface area contributed by atoms with Crippen LogP contribution in [0.5, 0.6) is 11.6 Å². The van der Waals surface area contributed by atoms with Gasteiger partial charge in [0.1, 0.15) is 0 Å². The minimum Gasteiger partial charge on any atom is -0.478 e. The van der Waals surface area contributed by atoms with Crippen molar-refractivity contribution in [3.05, 3.63) is 17.3 Å². The molecule has 19 heavy (non-hydrogen) atoms. The van der Waals surface area contributed by atoms with Gasteiger partial charge in [-0.2, -0.15) is 13.2 Å². The average molecular weight is 354 g/mol. The van der Waals surface area contributed by atoms with Crippen molar-refractivity contribution in [2.45, 2.75) is 17.9 Å². The van der Waals surface area contributed by atoms with Crippen molar-refractivity contribution in [1.82, 2.24) is 4.98 Å². The first kappa shape index (κ1) is 15.9. The predicted octanol–water partition coefficient (Wildman–Crippen LogP) is 3.90. The van der Waals surface area contributed by atoms with E-state index in [4.69, 9.17) is 0 Å². The van der Waals surface area contributed by atoms with E-state index in [0.29, 0.717) is 6.20 Å². The van der Waals surface area contributed by atoms with Crippen molar-refractivity contribution in [2.75, 3.05) is 7.11 Å². The van der Waals surface area contributed by atoms with E-state index < -0.39 is 40.6 Å². The molecule has 10 heteroatoms. The van der Waals surface area contributed by atoms with Crippen LogP contribution in [-0.4, -0.2) is 18.5 Å². The molecule has 1 aromatic rings. The molecule has 3 nitrogen and oxygen atoms in total. The third kappa shape index (κ3) is 3.88. The molecule has 0 radical (unpaired) electrons. The van der Waals surface area contributed by atoms with Gasteiger partial charge in [-0.15, -0.1) is 13.2 Å². The normalized spacial score (nSPS) is 12.4. The Bertz CT molecular complexity index is 459. The van der Waals surface area contributed by atoms with E-state index in [1.165, 1.54) is 0 Å². The number of halogens is 7. The Hall–Kier alpha value is -1.19. The second kappa shape index (κ2) is 5.43. The Kier molecular flexibility index (Phi) is 4.54. The van der Waals surface area contributed by atoms with Gasteiger partial charge in [0.05, 0.1) is 12.7 Å². The maximum absolute atomic E-state index is 12.6. The number of methoxy groups -OCH3 is 1. The number of hydrogen-bond acceptors (Lipinski definition) is 3. The summed E-state index contributed by atoms with van der Waals surface area (Å²) < 4.78 is 82.6. The number of aromatic nitrogens is 1. The summed E-state index contributed by atoms with van der Waals surface area (Å²) in [5.74, 6) is -1.79. The SMILES string of the molecule is COc1ncc(C(F)(F)F)c(CBr)c1OC(F)(F)F. The van der Waals surface area contributed by atoms with Gasteiger partial charge in [0, 0.05) is 17.1 Å². The molecular weight excluding hydrogens is 348 g/mol. The largest absolute Gasteiger partial charge is 0.573 e. The molecule has 0 aliphatic heterocycles. The van der Waals surface area contributed by atoms with Gasteiger partial charge >= 0.3 is 12.5 Å². The van der Waals surface area contributed by atoms with Gasteiger partial charge in [-0.3, -0.25) is 0 Å². The number of alkyl halides is 7. The highest BCUT2D eigenvalue weighted by Crippen LogP contribution is 2.42. The lowest BCUT2D eigenvalue weighted by molar-refractivity contribution is -0.275. The topological polar surface area (TPSA) is 31.4 Å².